The molecule has 0 spiro atoms. The van der Waals surface area contributed by atoms with Crippen molar-refractivity contribution in [2.24, 2.45) is 0 Å². The maximum Gasteiger partial charge on any atom is 0.253 e. The Morgan fingerprint density at radius 1 is 1.37 bits per heavy atom. The van der Waals surface area contributed by atoms with Crippen LogP contribution in [0.5, 0.6) is 0 Å². The molecule has 0 bridgehead atoms. The van der Waals surface area contributed by atoms with Crippen LogP contribution in [0.25, 0.3) is 0 Å². The lowest BCUT2D eigenvalue weighted by Crippen LogP contribution is -2.33. The Morgan fingerprint density at radius 2 is 2.21 bits per heavy atom. The Labute approximate surface area is 114 Å². The number of carbonyl (C=O) groups excluding carboxylic acids is 1. The van der Waals surface area contributed by atoms with E-state index in [9.17, 15) is 4.79 Å². The Bertz CT molecular complexity index is 414. The second kappa shape index (κ2) is 7.26. The maximum absolute atomic E-state index is 12.1. The first-order valence-electron chi connectivity index (χ1n) is 7.02. The molecular weight excluding hydrogens is 240 g/mol. The highest BCUT2D eigenvalue weighted by molar-refractivity contribution is 5.94. The van der Waals surface area contributed by atoms with E-state index >= 15 is 0 Å². The van der Waals surface area contributed by atoms with Gasteiger partial charge in [-0.05, 0) is 37.4 Å². The molecule has 0 aliphatic carbocycles. The Morgan fingerprint density at radius 3 is 2.95 bits per heavy atom. The largest absolute Gasteiger partial charge is 0.368 e. The zero-order valence-electron chi connectivity index (χ0n) is 11.4. The molecule has 2 rings (SSSR count). The highest BCUT2D eigenvalue weighted by Crippen LogP contribution is 2.18. The number of anilines is 1. The van der Waals surface area contributed by atoms with Gasteiger partial charge in [0.15, 0.2) is 0 Å². The molecule has 1 unspecified atom stereocenters. The van der Waals surface area contributed by atoms with Crippen molar-refractivity contribution in [1.29, 1.82) is 0 Å². The van der Waals surface area contributed by atoms with Crippen molar-refractivity contribution in [3.63, 3.8) is 0 Å². The number of carbonyl (C=O) groups is 1. The van der Waals surface area contributed by atoms with Crippen LogP contribution in [0.4, 0.5) is 5.69 Å². The van der Waals surface area contributed by atoms with Crippen molar-refractivity contribution in [3.8, 4) is 0 Å². The van der Waals surface area contributed by atoms with Gasteiger partial charge in [-0.25, -0.2) is 0 Å². The summed E-state index contributed by atoms with van der Waals surface area (Å²) < 4.78 is 5.51. The molecule has 0 radical (unpaired) electrons. The van der Waals surface area contributed by atoms with E-state index in [1.165, 1.54) is 0 Å². The van der Waals surface area contributed by atoms with E-state index in [4.69, 9.17) is 4.74 Å². The summed E-state index contributed by atoms with van der Waals surface area (Å²) in [5.74, 6) is -0.0244. The van der Waals surface area contributed by atoms with Gasteiger partial charge in [-0.1, -0.05) is 25.1 Å². The lowest BCUT2D eigenvalue weighted by atomic mass is 10.1. The molecule has 1 aromatic carbocycles. The quantitative estimate of drug-likeness (QED) is 0.856. The summed E-state index contributed by atoms with van der Waals surface area (Å²) in [4.78, 5) is 12.1. The van der Waals surface area contributed by atoms with Gasteiger partial charge >= 0.3 is 0 Å². The number of hydrogen-bond acceptors (Lipinski definition) is 3. The molecule has 0 saturated carbocycles. The van der Waals surface area contributed by atoms with Gasteiger partial charge in [0.25, 0.3) is 5.91 Å². The van der Waals surface area contributed by atoms with Crippen LogP contribution in [0, 0.1) is 0 Å². The molecule has 4 heteroatoms. The van der Waals surface area contributed by atoms with Crippen LogP contribution in [-0.2, 0) is 16.1 Å². The normalized spacial score (nSPS) is 19.1. The molecule has 4 nitrogen and oxygen atoms in total. The fourth-order valence-corrected chi connectivity index (χ4v) is 2.22. The minimum Gasteiger partial charge on any atom is -0.368 e. The lowest BCUT2D eigenvalue weighted by Gasteiger charge is -2.22. The Balaban J connectivity index is 1.99. The summed E-state index contributed by atoms with van der Waals surface area (Å²) in [6, 6.07) is 7.89. The molecule has 1 fully saturated rings. The van der Waals surface area contributed by atoms with Gasteiger partial charge in [-0.15, -0.1) is 0 Å². The van der Waals surface area contributed by atoms with Crippen LogP contribution >= 0.6 is 0 Å². The van der Waals surface area contributed by atoms with Crippen molar-refractivity contribution in [1.82, 2.24) is 5.32 Å². The second-order valence-corrected chi connectivity index (χ2v) is 4.78. The number of amides is 1. The number of nitrogens with one attached hydrogen (secondary N) is 2. The molecule has 1 aromatic rings. The molecular formula is C15H22N2O2. The Hall–Kier alpha value is -1.39. The third-order valence-electron chi connectivity index (χ3n) is 3.31. The Kier molecular flexibility index (Phi) is 5.36. The van der Waals surface area contributed by atoms with E-state index in [2.05, 4.69) is 17.6 Å². The van der Waals surface area contributed by atoms with Gasteiger partial charge in [0.2, 0.25) is 0 Å². The highest BCUT2D eigenvalue weighted by atomic mass is 16.5. The second-order valence-electron chi connectivity index (χ2n) is 4.78. The summed E-state index contributed by atoms with van der Waals surface area (Å²) in [7, 11) is 0. The first-order valence-corrected chi connectivity index (χ1v) is 7.02. The highest BCUT2D eigenvalue weighted by Gasteiger charge is 2.22. The number of hydrogen-bond donors (Lipinski definition) is 2. The van der Waals surface area contributed by atoms with E-state index in [0.29, 0.717) is 6.61 Å². The molecule has 1 aliphatic heterocycles. The average molecular weight is 262 g/mol. The number of para-hydroxylation sites is 1. The molecule has 1 amide bonds. The maximum atomic E-state index is 12.1. The predicted molar refractivity (Wildman–Crippen MR) is 76.0 cm³/mol. The fourth-order valence-electron chi connectivity index (χ4n) is 2.22. The van der Waals surface area contributed by atoms with E-state index < -0.39 is 0 Å². The number of rotatable bonds is 5. The zero-order chi connectivity index (χ0) is 13.5. The topological polar surface area (TPSA) is 50.4 Å². The zero-order valence-corrected chi connectivity index (χ0v) is 11.4. The van der Waals surface area contributed by atoms with Gasteiger partial charge in [0.05, 0.1) is 0 Å². The SMILES string of the molecule is CCNCc1ccccc1NC(=O)C1CCCCO1. The fraction of sp³-hybridized carbons (Fsp3) is 0.533. The van der Waals surface area contributed by atoms with E-state index in [0.717, 1.165) is 43.6 Å². The van der Waals surface area contributed by atoms with Crippen LogP contribution < -0.4 is 10.6 Å². The first kappa shape index (κ1) is 14.0. The van der Waals surface area contributed by atoms with Crippen molar-refractivity contribution in [2.75, 3.05) is 18.5 Å². The average Bonchev–Trinajstić information content (AvgIpc) is 2.47. The smallest absolute Gasteiger partial charge is 0.253 e. The summed E-state index contributed by atoms with van der Waals surface area (Å²) in [6.45, 7) is 4.43. The van der Waals surface area contributed by atoms with Crippen molar-refractivity contribution in [2.45, 2.75) is 38.8 Å². The molecule has 2 N–H and O–H groups in total. The third-order valence-corrected chi connectivity index (χ3v) is 3.31. The van der Waals surface area contributed by atoms with Gasteiger partial charge in [0, 0.05) is 18.8 Å². The lowest BCUT2D eigenvalue weighted by molar-refractivity contribution is -0.129. The van der Waals surface area contributed by atoms with Crippen LogP contribution in [0.1, 0.15) is 31.7 Å². The van der Waals surface area contributed by atoms with Crippen LogP contribution in [0.2, 0.25) is 0 Å². The number of ether oxygens (including phenoxy) is 1. The molecule has 19 heavy (non-hydrogen) atoms. The minimum absolute atomic E-state index is 0.0244. The van der Waals surface area contributed by atoms with E-state index in [1.807, 2.05) is 24.3 Å². The van der Waals surface area contributed by atoms with Crippen molar-refractivity contribution in [3.05, 3.63) is 29.8 Å². The van der Waals surface area contributed by atoms with E-state index in [-0.39, 0.29) is 12.0 Å². The van der Waals surface area contributed by atoms with Crippen molar-refractivity contribution < 1.29 is 9.53 Å². The standard InChI is InChI=1S/C15H22N2O2/c1-2-16-11-12-7-3-4-8-13(12)17-15(18)14-9-5-6-10-19-14/h3-4,7-8,14,16H,2,5-6,9-11H2,1H3,(H,17,18). The van der Waals surface area contributed by atoms with Gasteiger partial charge in [0.1, 0.15) is 6.10 Å². The molecule has 1 atom stereocenters. The van der Waals surface area contributed by atoms with Crippen LogP contribution in [0.3, 0.4) is 0 Å². The molecule has 104 valence electrons. The third kappa shape index (κ3) is 4.04. The van der Waals surface area contributed by atoms with Crippen LogP contribution in [0.15, 0.2) is 24.3 Å². The molecule has 1 saturated heterocycles. The summed E-state index contributed by atoms with van der Waals surface area (Å²) in [5, 5.41) is 6.26. The first-order chi connectivity index (χ1) is 9.31. The monoisotopic (exact) mass is 262 g/mol. The number of benzene rings is 1. The van der Waals surface area contributed by atoms with Gasteiger partial charge in [-0.2, -0.15) is 0 Å². The van der Waals surface area contributed by atoms with Crippen LogP contribution in [-0.4, -0.2) is 25.2 Å². The van der Waals surface area contributed by atoms with Crippen molar-refractivity contribution >= 4 is 11.6 Å². The minimum atomic E-state index is -0.291. The summed E-state index contributed by atoms with van der Waals surface area (Å²) in [5.41, 5.74) is 1.98. The van der Waals surface area contributed by atoms with Gasteiger partial charge < -0.3 is 15.4 Å². The molecule has 1 heterocycles. The summed E-state index contributed by atoms with van der Waals surface area (Å²) >= 11 is 0. The summed E-state index contributed by atoms with van der Waals surface area (Å²) in [6.07, 6.45) is 2.65. The van der Waals surface area contributed by atoms with E-state index in [1.54, 1.807) is 0 Å². The molecule has 0 aromatic heterocycles. The van der Waals surface area contributed by atoms with Gasteiger partial charge in [-0.3, -0.25) is 4.79 Å². The predicted octanol–water partition coefficient (Wildman–Crippen LogP) is 2.30. The molecule has 1 aliphatic rings.